The van der Waals surface area contributed by atoms with Crippen LogP contribution in [0.25, 0.3) is 11.3 Å². The molecule has 6 nitrogen and oxygen atoms in total. The summed E-state index contributed by atoms with van der Waals surface area (Å²) in [6.45, 7) is 2.11. The molecule has 0 amide bonds. The van der Waals surface area contributed by atoms with Crippen molar-refractivity contribution >= 4 is 44.0 Å². The molecule has 0 saturated carbocycles. The van der Waals surface area contributed by atoms with E-state index in [1.165, 1.54) is 11.3 Å². The summed E-state index contributed by atoms with van der Waals surface area (Å²) in [5.41, 5.74) is 10.1. The van der Waals surface area contributed by atoms with E-state index in [1.807, 2.05) is 72.1 Å². The Hall–Kier alpha value is -3.36. The molecule has 4 rings (SSSR count). The van der Waals surface area contributed by atoms with Crippen molar-refractivity contribution in [2.24, 2.45) is 10.7 Å². The molecule has 8 heteroatoms. The number of benzene rings is 3. The third kappa shape index (κ3) is 8.12. The number of ether oxygens (including phenoxy) is 1. The molecule has 0 aliphatic rings. The van der Waals surface area contributed by atoms with Crippen molar-refractivity contribution in [1.29, 1.82) is 0 Å². The van der Waals surface area contributed by atoms with Gasteiger partial charge in [0.05, 0.1) is 18.8 Å². The number of nitrogens with two attached hydrogens (primary N) is 1. The summed E-state index contributed by atoms with van der Waals surface area (Å²) in [6, 6.07) is 26.2. The molecule has 0 unspecified atom stereocenters. The minimum Gasteiger partial charge on any atom is -0.494 e. The van der Waals surface area contributed by atoms with Crippen LogP contribution in [-0.2, 0) is 6.54 Å². The van der Waals surface area contributed by atoms with E-state index in [2.05, 4.69) is 48.7 Å². The van der Waals surface area contributed by atoms with Crippen molar-refractivity contribution in [3.8, 4) is 17.0 Å². The maximum atomic E-state index is 6.03. The maximum Gasteiger partial charge on any atom is 0.195 e. The first-order valence-electron chi connectivity index (χ1n) is 11.4. The minimum absolute atomic E-state index is 0.349. The number of unbranched alkanes of at least 4 members (excludes halogenated alkanes) is 1. The van der Waals surface area contributed by atoms with Crippen molar-refractivity contribution in [2.75, 3.05) is 23.8 Å². The molecule has 0 atom stereocenters. The van der Waals surface area contributed by atoms with Crippen LogP contribution in [0.5, 0.6) is 5.75 Å². The van der Waals surface area contributed by atoms with Gasteiger partial charge in [-0.05, 0) is 54.8 Å². The molecule has 35 heavy (non-hydrogen) atoms. The quantitative estimate of drug-likeness (QED) is 0.109. The number of anilines is 2. The molecule has 1 heterocycles. The molecule has 4 aromatic rings. The normalized spacial score (nSPS) is 11.3. The summed E-state index contributed by atoms with van der Waals surface area (Å²) in [5, 5.41) is 9.21. The van der Waals surface area contributed by atoms with Crippen LogP contribution in [0.4, 0.5) is 10.8 Å². The number of hydrogen-bond acceptors (Lipinski definition) is 5. The molecule has 0 aliphatic carbocycles. The number of aliphatic imine (C=N–C) groups is 1. The van der Waals surface area contributed by atoms with Crippen LogP contribution < -0.4 is 21.1 Å². The van der Waals surface area contributed by atoms with Gasteiger partial charge >= 0.3 is 0 Å². The van der Waals surface area contributed by atoms with Gasteiger partial charge in [-0.3, -0.25) is 0 Å². The highest BCUT2D eigenvalue weighted by atomic mass is 79.9. The highest BCUT2D eigenvalue weighted by Gasteiger charge is 2.07. The molecule has 4 N–H and O–H groups in total. The van der Waals surface area contributed by atoms with Crippen LogP contribution in [0.3, 0.4) is 0 Å². The summed E-state index contributed by atoms with van der Waals surface area (Å²) in [4.78, 5) is 9.04. The van der Waals surface area contributed by atoms with Gasteiger partial charge in [0, 0.05) is 27.6 Å². The minimum atomic E-state index is 0.349. The molecular weight excluding hydrogens is 522 g/mol. The smallest absolute Gasteiger partial charge is 0.195 e. The Kier molecular flexibility index (Phi) is 9.14. The summed E-state index contributed by atoms with van der Waals surface area (Å²) < 4.78 is 7.05. The lowest BCUT2D eigenvalue weighted by molar-refractivity contribution is 0.308. The van der Waals surface area contributed by atoms with Crippen molar-refractivity contribution < 1.29 is 4.74 Å². The van der Waals surface area contributed by atoms with Crippen LogP contribution in [0.15, 0.2) is 93.7 Å². The molecule has 180 valence electrons. The zero-order chi connectivity index (χ0) is 24.3. The van der Waals surface area contributed by atoms with Crippen molar-refractivity contribution in [3.05, 3.63) is 94.3 Å². The molecule has 0 saturated heterocycles. The molecule has 0 bridgehead atoms. The molecule has 0 spiro atoms. The Balaban J connectivity index is 1.22. The van der Waals surface area contributed by atoms with Gasteiger partial charge in [0.2, 0.25) is 0 Å². The van der Waals surface area contributed by atoms with E-state index in [1.54, 1.807) is 0 Å². The van der Waals surface area contributed by atoms with Crippen LogP contribution in [0.1, 0.15) is 18.4 Å². The highest BCUT2D eigenvalue weighted by molar-refractivity contribution is 9.10. The molecule has 3 aromatic carbocycles. The summed E-state index contributed by atoms with van der Waals surface area (Å²) in [7, 11) is 0. The van der Waals surface area contributed by atoms with Gasteiger partial charge in [-0.25, -0.2) is 9.98 Å². The van der Waals surface area contributed by atoms with Crippen molar-refractivity contribution in [3.63, 3.8) is 0 Å². The Labute approximate surface area is 218 Å². The van der Waals surface area contributed by atoms with Crippen molar-refractivity contribution in [2.45, 2.75) is 19.4 Å². The number of thiazole rings is 1. The number of nitrogens with zero attached hydrogens (tertiary/aromatic N) is 2. The third-order valence-electron chi connectivity index (χ3n) is 5.16. The zero-order valence-electron chi connectivity index (χ0n) is 19.3. The van der Waals surface area contributed by atoms with E-state index >= 15 is 0 Å². The predicted molar refractivity (Wildman–Crippen MR) is 150 cm³/mol. The van der Waals surface area contributed by atoms with E-state index in [0.717, 1.165) is 52.1 Å². The van der Waals surface area contributed by atoms with E-state index < -0.39 is 0 Å². The Morgan fingerprint density at radius 1 is 1.00 bits per heavy atom. The van der Waals surface area contributed by atoms with Crippen molar-refractivity contribution in [1.82, 2.24) is 4.98 Å². The second-order valence-electron chi connectivity index (χ2n) is 7.87. The van der Waals surface area contributed by atoms with E-state index in [-0.39, 0.29) is 0 Å². The topological polar surface area (TPSA) is 84.6 Å². The van der Waals surface area contributed by atoms with E-state index in [9.17, 15) is 0 Å². The number of hydrogen-bond donors (Lipinski definition) is 3. The van der Waals surface area contributed by atoms with Gasteiger partial charge in [0.1, 0.15) is 5.75 Å². The zero-order valence-corrected chi connectivity index (χ0v) is 21.7. The second kappa shape index (κ2) is 12.9. The summed E-state index contributed by atoms with van der Waals surface area (Å²) in [5.74, 6) is 1.19. The van der Waals surface area contributed by atoms with Crippen LogP contribution in [0, 0.1) is 0 Å². The van der Waals surface area contributed by atoms with Gasteiger partial charge in [0.25, 0.3) is 0 Å². The highest BCUT2D eigenvalue weighted by Crippen LogP contribution is 2.27. The number of nitrogens with one attached hydrogen (secondary N) is 2. The lowest BCUT2D eigenvalue weighted by Gasteiger charge is -2.09. The Morgan fingerprint density at radius 2 is 1.83 bits per heavy atom. The van der Waals surface area contributed by atoms with Gasteiger partial charge in [-0.15, -0.1) is 11.3 Å². The molecule has 0 fully saturated rings. The first-order valence-corrected chi connectivity index (χ1v) is 13.1. The van der Waals surface area contributed by atoms with Gasteiger partial charge in [0.15, 0.2) is 11.1 Å². The Morgan fingerprint density at radius 3 is 2.66 bits per heavy atom. The Bertz CT molecular complexity index is 1230. The van der Waals surface area contributed by atoms with E-state index in [0.29, 0.717) is 24.2 Å². The SMILES string of the molecule is NC(=NCc1ccccc1)Nc1nc(-c2cccc(OCCCCNc3ccc(Br)cc3)c2)cs1. The standard InChI is InChI=1S/C27H28BrN5OS/c28-22-11-13-23(14-12-22)30-15-4-5-16-34-24-10-6-9-21(17-24)25-19-35-27(32-25)33-26(29)31-18-20-7-2-1-3-8-20/h1-3,6-14,17,19,30H,4-5,15-16,18H2,(H3,29,31,32,33). The maximum absolute atomic E-state index is 6.03. The first-order chi connectivity index (χ1) is 17.2. The van der Waals surface area contributed by atoms with Crippen LogP contribution in [0.2, 0.25) is 0 Å². The number of aromatic nitrogens is 1. The lowest BCUT2D eigenvalue weighted by atomic mass is 10.2. The fourth-order valence-corrected chi connectivity index (χ4v) is 4.33. The van der Waals surface area contributed by atoms with Gasteiger partial charge in [-0.2, -0.15) is 0 Å². The predicted octanol–water partition coefficient (Wildman–Crippen LogP) is 6.77. The van der Waals surface area contributed by atoms with Gasteiger partial charge in [-0.1, -0.05) is 58.4 Å². The van der Waals surface area contributed by atoms with Crippen LogP contribution >= 0.6 is 27.3 Å². The molecule has 0 aliphatic heterocycles. The monoisotopic (exact) mass is 549 g/mol. The lowest BCUT2D eigenvalue weighted by Crippen LogP contribution is -2.22. The summed E-state index contributed by atoms with van der Waals surface area (Å²) in [6.07, 6.45) is 2.00. The molecule has 0 radical (unpaired) electrons. The summed E-state index contributed by atoms with van der Waals surface area (Å²) >= 11 is 4.95. The van der Waals surface area contributed by atoms with E-state index in [4.69, 9.17) is 10.5 Å². The molecule has 1 aromatic heterocycles. The van der Waals surface area contributed by atoms with Gasteiger partial charge < -0.3 is 21.1 Å². The largest absolute Gasteiger partial charge is 0.494 e. The number of halogens is 1. The third-order valence-corrected chi connectivity index (χ3v) is 6.44. The fraction of sp³-hybridized carbons (Fsp3) is 0.185. The van der Waals surface area contributed by atoms with Crippen LogP contribution in [-0.4, -0.2) is 24.1 Å². The average molecular weight is 551 g/mol. The second-order valence-corrected chi connectivity index (χ2v) is 9.64. The fourth-order valence-electron chi connectivity index (χ4n) is 3.34. The number of guanidine groups is 1. The molecular formula is C27H28BrN5OS. The number of rotatable bonds is 11. The average Bonchev–Trinajstić information content (AvgIpc) is 3.35. The first kappa shape index (κ1) is 24.8.